The molecule has 1 spiro atoms. The van der Waals surface area contributed by atoms with Crippen LogP contribution in [0.2, 0.25) is 0 Å². The maximum atomic E-state index is 2.78. The van der Waals surface area contributed by atoms with E-state index in [9.17, 15) is 0 Å². The monoisotopic (exact) mass is 659 g/mol. The summed E-state index contributed by atoms with van der Waals surface area (Å²) in [4.78, 5) is 0. The molecule has 0 heterocycles. The lowest BCUT2D eigenvalue weighted by Crippen LogP contribution is -2.54. The van der Waals surface area contributed by atoms with Crippen molar-refractivity contribution in [1.29, 1.82) is 0 Å². The topological polar surface area (TPSA) is 0 Å². The standard InChI is InChI=1S/C48H82/c1-10-46(8,11-2)33-25-34(47(9,12-3)13-4)28-48(27-33)42-21-20-37-36-19-18-32-16-14-15-17-35(32)38(36)26-39(37)44(42)41-24-31(7)43-30(6)22-29(5)23-40(43)45(41)48/h29-45H,10-28H2,1-9H3. The molecule has 8 fully saturated rings. The average molecular weight is 659 g/mol. The summed E-state index contributed by atoms with van der Waals surface area (Å²) in [5.74, 6) is 17.7. The zero-order valence-corrected chi connectivity index (χ0v) is 33.7. The molecule has 0 N–H and O–H groups in total. The number of hydrogen-bond donors (Lipinski definition) is 0. The van der Waals surface area contributed by atoms with E-state index in [1.165, 1.54) is 32.1 Å². The Labute approximate surface area is 300 Å². The van der Waals surface area contributed by atoms with Gasteiger partial charge in [0.05, 0.1) is 0 Å². The first-order valence-electron chi connectivity index (χ1n) is 23.0. The molecule has 17 unspecified atom stereocenters. The molecular formula is C48H82. The van der Waals surface area contributed by atoms with Gasteiger partial charge in [0.1, 0.15) is 0 Å². The first kappa shape index (κ1) is 35.1. The van der Waals surface area contributed by atoms with Crippen LogP contribution in [0.25, 0.3) is 0 Å². The molecule has 48 heavy (non-hydrogen) atoms. The quantitative estimate of drug-likeness (QED) is 0.266. The van der Waals surface area contributed by atoms with Gasteiger partial charge in [-0.3, -0.25) is 0 Å². The molecule has 0 aliphatic heterocycles. The maximum Gasteiger partial charge on any atom is -0.0227 e. The van der Waals surface area contributed by atoms with Gasteiger partial charge in [-0.25, -0.2) is 0 Å². The van der Waals surface area contributed by atoms with Crippen molar-refractivity contribution in [3.05, 3.63) is 0 Å². The van der Waals surface area contributed by atoms with E-state index in [1.807, 2.05) is 0 Å². The van der Waals surface area contributed by atoms with Crippen LogP contribution in [0.4, 0.5) is 0 Å². The Kier molecular flexibility index (Phi) is 9.38. The lowest BCUT2D eigenvalue weighted by atomic mass is 9.43. The van der Waals surface area contributed by atoms with Crippen LogP contribution in [0.15, 0.2) is 0 Å². The Balaban J connectivity index is 1.25. The van der Waals surface area contributed by atoms with Gasteiger partial charge in [-0.15, -0.1) is 0 Å². The summed E-state index contributed by atoms with van der Waals surface area (Å²) < 4.78 is 0. The Morgan fingerprint density at radius 1 is 0.500 bits per heavy atom. The van der Waals surface area contributed by atoms with Crippen LogP contribution >= 0.6 is 0 Å². The van der Waals surface area contributed by atoms with E-state index in [4.69, 9.17) is 0 Å². The fourth-order valence-electron chi connectivity index (χ4n) is 18.5. The van der Waals surface area contributed by atoms with Crippen LogP contribution in [-0.2, 0) is 0 Å². The summed E-state index contributed by atoms with van der Waals surface area (Å²) in [5, 5.41) is 0. The van der Waals surface area contributed by atoms with E-state index in [-0.39, 0.29) is 0 Å². The van der Waals surface area contributed by atoms with Crippen molar-refractivity contribution in [2.24, 2.45) is 117 Å². The van der Waals surface area contributed by atoms with Gasteiger partial charge in [-0.1, -0.05) is 107 Å². The smallest absolute Gasteiger partial charge is 0.0227 e. The molecule has 0 heteroatoms. The van der Waals surface area contributed by atoms with Gasteiger partial charge < -0.3 is 0 Å². The second-order valence-electron chi connectivity index (χ2n) is 22.1. The van der Waals surface area contributed by atoms with Crippen molar-refractivity contribution in [2.45, 2.75) is 184 Å². The predicted molar refractivity (Wildman–Crippen MR) is 205 cm³/mol. The van der Waals surface area contributed by atoms with E-state index >= 15 is 0 Å². The molecule has 8 rings (SSSR count). The minimum atomic E-state index is 0.519. The van der Waals surface area contributed by atoms with E-state index < -0.39 is 0 Å². The molecular weight excluding hydrogens is 577 g/mol. The molecule has 0 aromatic rings. The molecule has 8 aliphatic carbocycles. The van der Waals surface area contributed by atoms with Gasteiger partial charge in [0, 0.05) is 0 Å². The van der Waals surface area contributed by atoms with Gasteiger partial charge in [0.15, 0.2) is 0 Å². The van der Waals surface area contributed by atoms with Crippen molar-refractivity contribution in [2.75, 3.05) is 0 Å². The van der Waals surface area contributed by atoms with E-state index in [1.54, 1.807) is 89.9 Å². The zero-order chi connectivity index (χ0) is 33.7. The van der Waals surface area contributed by atoms with Gasteiger partial charge in [-0.05, 0) is 194 Å². The van der Waals surface area contributed by atoms with Gasteiger partial charge in [0.25, 0.3) is 0 Å². The first-order valence-corrected chi connectivity index (χ1v) is 23.0. The molecule has 0 amide bonds. The van der Waals surface area contributed by atoms with Crippen LogP contribution < -0.4 is 0 Å². The van der Waals surface area contributed by atoms with E-state index in [2.05, 4.69) is 62.3 Å². The third-order valence-corrected chi connectivity index (χ3v) is 21.1. The van der Waals surface area contributed by atoms with Crippen molar-refractivity contribution in [3.63, 3.8) is 0 Å². The number of fused-ring (bicyclic) bond motifs is 13. The third kappa shape index (κ3) is 5.11. The van der Waals surface area contributed by atoms with Crippen LogP contribution in [0.5, 0.6) is 0 Å². The lowest BCUT2D eigenvalue weighted by molar-refractivity contribution is -0.124. The molecule has 0 radical (unpaired) electrons. The highest BCUT2D eigenvalue weighted by Crippen LogP contribution is 2.78. The van der Waals surface area contributed by atoms with Gasteiger partial charge >= 0.3 is 0 Å². The van der Waals surface area contributed by atoms with Crippen LogP contribution in [-0.4, -0.2) is 0 Å². The summed E-state index contributed by atoms with van der Waals surface area (Å²) in [7, 11) is 0. The molecule has 0 nitrogen and oxygen atoms in total. The minimum Gasteiger partial charge on any atom is -0.0649 e. The second-order valence-corrected chi connectivity index (χ2v) is 22.1. The largest absolute Gasteiger partial charge is 0.0649 e. The normalized spacial score (nSPS) is 53.3. The van der Waals surface area contributed by atoms with Gasteiger partial charge in [-0.2, -0.15) is 0 Å². The Morgan fingerprint density at radius 2 is 1.08 bits per heavy atom. The highest BCUT2D eigenvalue weighted by molar-refractivity contribution is 5.19. The summed E-state index contributed by atoms with van der Waals surface area (Å²) in [5.41, 5.74) is 1.67. The lowest BCUT2D eigenvalue weighted by Gasteiger charge is -2.61. The maximum absolute atomic E-state index is 2.78. The molecule has 8 aliphatic rings. The fraction of sp³-hybridized carbons (Fsp3) is 1.00. The third-order valence-electron chi connectivity index (χ3n) is 21.1. The fourth-order valence-corrected chi connectivity index (χ4v) is 18.5. The predicted octanol–water partition coefficient (Wildman–Crippen LogP) is 14.1. The highest BCUT2D eigenvalue weighted by Gasteiger charge is 2.71. The summed E-state index contributed by atoms with van der Waals surface area (Å²) >= 11 is 0. The van der Waals surface area contributed by atoms with Crippen LogP contribution in [0, 0.1) is 117 Å². The molecule has 0 bridgehead atoms. The van der Waals surface area contributed by atoms with Gasteiger partial charge in [0.2, 0.25) is 0 Å². The molecule has 0 aromatic heterocycles. The Morgan fingerprint density at radius 3 is 1.75 bits per heavy atom. The average Bonchev–Trinajstić information content (AvgIpc) is 3.60. The second kappa shape index (κ2) is 12.8. The number of rotatable bonds is 6. The van der Waals surface area contributed by atoms with Crippen molar-refractivity contribution >= 4 is 0 Å². The zero-order valence-electron chi connectivity index (χ0n) is 33.7. The van der Waals surface area contributed by atoms with E-state index in [0.717, 1.165) is 101 Å². The Bertz CT molecular complexity index is 1100. The molecule has 8 saturated carbocycles. The van der Waals surface area contributed by atoms with Crippen molar-refractivity contribution < 1.29 is 0 Å². The Hall–Kier alpha value is 0. The van der Waals surface area contributed by atoms with Crippen molar-refractivity contribution in [1.82, 2.24) is 0 Å². The first-order chi connectivity index (χ1) is 23.0. The van der Waals surface area contributed by atoms with Crippen molar-refractivity contribution in [3.8, 4) is 0 Å². The number of hydrogen-bond acceptors (Lipinski definition) is 0. The summed E-state index contributed by atoms with van der Waals surface area (Å²) in [6.07, 6.45) is 29.6. The minimum absolute atomic E-state index is 0.519. The molecule has 274 valence electrons. The highest BCUT2D eigenvalue weighted by atomic mass is 14.8. The summed E-state index contributed by atoms with van der Waals surface area (Å²) in [6.45, 7) is 24.0. The SMILES string of the molecule is CCC(C)(CC)C1CC(C(C)(CC)CC)CC2(C1)C1CCC3C4CCC5CCCCC5C4CC3C1C1CC(C)C3C(C)CC(C)CC3C12. The molecule has 17 atom stereocenters. The van der Waals surface area contributed by atoms with Crippen LogP contribution in [0.1, 0.15) is 184 Å². The van der Waals surface area contributed by atoms with E-state index in [0.29, 0.717) is 16.2 Å². The molecule has 0 saturated heterocycles. The summed E-state index contributed by atoms with van der Waals surface area (Å²) in [6, 6.07) is 0. The molecule has 0 aromatic carbocycles. The van der Waals surface area contributed by atoms with Crippen LogP contribution in [0.3, 0.4) is 0 Å².